The largest absolute Gasteiger partial charge is 0.393 e. The van der Waals surface area contributed by atoms with E-state index in [0.29, 0.717) is 5.41 Å². The van der Waals surface area contributed by atoms with Crippen molar-refractivity contribution in [3.8, 4) is 0 Å². The number of aliphatic hydroxyl groups is 1. The van der Waals surface area contributed by atoms with Gasteiger partial charge in [-0.1, -0.05) is 51.0 Å². The number of hydrogen-bond donors (Lipinski definition) is 1. The SMILES string of the molecule is CCC(O)CCC1(C)C=CC=C2C1CCC1(C)CCCC21. The third kappa shape index (κ3) is 2.63. The van der Waals surface area contributed by atoms with E-state index in [1.807, 2.05) is 0 Å². The summed E-state index contributed by atoms with van der Waals surface area (Å²) >= 11 is 0. The highest BCUT2D eigenvalue weighted by atomic mass is 16.3. The predicted octanol–water partition coefficient (Wildman–Crippen LogP) is 5.26. The summed E-state index contributed by atoms with van der Waals surface area (Å²) in [6.45, 7) is 7.04. The fourth-order valence-corrected chi connectivity index (χ4v) is 5.36. The van der Waals surface area contributed by atoms with E-state index in [2.05, 4.69) is 39.0 Å². The van der Waals surface area contributed by atoms with Crippen LogP contribution in [0.4, 0.5) is 0 Å². The van der Waals surface area contributed by atoms with Crippen LogP contribution in [-0.4, -0.2) is 11.2 Å². The predicted molar refractivity (Wildman–Crippen MR) is 89.0 cm³/mol. The standard InChI is InChI=1S/C20H32O/c1-4-15(21)9-13-19(2)11-5-7-16-17-8-6-12-20(17,3)14-10-18(16)19/h5,7,11,15,17-18,21H,4,6,8-10,12-14H2,1-3H3. The van der Waals surface area contributed by atoms with Crippen molar-refractivity contribution in [3.63, 3.8) is 0 Å². The number of aliphatic hydroxyl groups excluding tert-OH is 1. The Kier molecular flexibility index (Phi) is 4.07. The lowest BCUT2D eigenvalue weighted by Crippen LogP contribution is -2.40. The third-order valence-electron chi connectivity index (χ3n) is 6.94. The summed E-state index contributed by atoms with van der Waals surface area (Å²) < 4.78 is 0. The second-order valence-electron chi connectivity index (χ2n) is 8.32. The van der Waals surface area contributed by atoms with Gasteiger partial charge in [-0.25, -0.2) is 0 Å². The molecule has 0 saturated heterocycles. The molecule has 3 aliphatic carbocycles. The second kappa shape index (κ2) is 5.57. The molecule has 0 spiro atoms. The minimum Gasteiger partial charge on any atom is -0.393 e. The Bertz CT molecular complexity index is 449. The van der Waals surface area contributed by atoms with Gasteiger partial charge in [0.2, 0.25) is 0 Å². The van der Waals surface area contributed by atoms with Crippen molar-refractivity contribution >= 4 is 0 Å². The molecule has 0 aromatic heterocycles. The van der Waals surface area contributed by atoms with E-state index >= 15 is 0 Å². The van der Waals surface area contributed by atoms with E-state index in [0.717, 1.165) is 31.1 Å². The third-order valence-corrected chi connectivity index (χ3v) is 6.94. The Hall–Kier alpha value is -0.560. The molecule has 3 aliphatic rings. The van der Waals surface area contributed by atoms with Crippen LogP contribution in [0.5, 0.6) is 0 Å². The van der Waals surface area contributed by atoms with E-state index in [1.54, 1.807) is 5.57 Å². The maximum atomic E-state index is 9.95. The van der Waals surface area contributed by atoms with Crippen molar-refractivity contribution in [2.75, 3.05) is 0 Å². The average Bonchev–Trinajstić information content (AvgIpc) is 2.87. The minimum atomic E-state index is -0.120. The van der Waals surface area contributed by atoms with Gasteiger partial charge in [-0.15, -0.1) is 0 Å². The van der Waals surface area contributed by atoms with Crippen molar-refractivity contribution < 1.29 is 5.11 Å². The smallest absolute Gasteiger partial charge is 0.0538 e. The minimum absolute atomic E-state index is 0.120. The van der Waals surface area contributed by atoms with Gasteiger partial charge in [-0.2, -0.15) is 0 Å². The lowest BCUT2D eigenvalue weighted by atomic mass is 9.55. The Morgan fingerprint density at radius 3 is 2.81 bits per heavy atom. The van der Waals surface area contributed by atoms with E-state index in [9.17, 15) is 5.11 Å². The molecule has 0 bridgehead atoms. The number of allylic oxidation sites excluding steroid dienone is 4. The fourth-order valence-electron chi connectivity index (χ4n) is 5.36. The summed E-state index contributed by atoms with van der Waals surface area (Å²) in [5.41, 5.74) is 2.60. The van der Waals surface area contributed by atoms with Gasteiger partial charge in [0.05, 0.1) is 6.10 Å². The monoisotopic (exact) mass is 288 g/mol. The van der Waals surface area contributed by atoms with Gasteiger partial charge in [0.15, 0.2) is 0 Å². The molecule has 0 aromatic rings. The van der Waals surface area contributed by atoms with Crippen molar-refractivity contribution in [1.29, 1.82) is 0 Å². The highest BCUT2D eigenvalue weighted by Gasteiger charge is 2.50. The first-order valence-corrected chi connectivity index (χ1v) is 9.06. The van der Waals surface area contributed by atoms with Crippen LogP contribution in [0.15, 0.2) is 23.8 Å². The van der Waals surface area contributed by atoms with Crippen molar-refractivity contribution in [2.24, 2.45) is 22.7 Å². The van der Waals surface area contributed by atoms with Gasteiger partial charge in [-0.05, 0) is 67.6 Å². The molecule has 3 rings (SSSR count). The summed E-state index contributed by atoms with van der Waals surface area (Å²) in [5.74, 6) is 1.55. The van der Waals surface area contributed by atoms with Gasteiger partial charge in [0, 0.05) is 0 Å². The molecule has 118 valence electrons. The fraction of sp³-hybridized carbons (Fsp3) is 0.800. The van der Waals surface area contributed by atoms with Crippen LogP contribution in [0.25, 0.3) is 0 Å². The summed E-state index contributed by atoms with van der Waals surface area (Å²) in [4.78, 5) is 0. The molecule has 5 atom stereocenters. The highest BCUT2D eigenvalue weighted by Crippen LogP contribution is 2.60. The van der Waals surface area contributed by atoms with E-state index in [-0.39, 0.29) is 11.5 Å². The molecule has 0 amide bonds. The Balaban J connectivity index is 1.79. The zero-order valence-corrected chi connectivity index (χ0v) is 14.1. The molecule has 2 saturated carbocycles. The van der Waals surface area contributed by atoms with Crippen molar-refractivity contribution in [1.82, 2.24) is 0 Å². The van der Waals surface area contributed by atoms with Gasteiger partial charge in [0.1, 0.15) is 0 Å². The Morgan fingerprint density at radius 2 is 2.05 bits per heavy atom. The lowest BCUT2D eigenvalue weighted by molar-refractivity contribution is 0.0943. The maximum Gasteiger partial charge on any atom is 0.0538 e. The van der Waals surface area contributed by atoms with E-state index in [4.69, 9.17) is 0 Å². The molecule has 1 N–H and O–H groups in total. The summed E-state index contributed by atoms with van der Waals surface area (Å²) in [6, 6.07) is 0. The van der Waals surface area contributed by atoms with Crippen LogP contribution in [0.2, 0.25) is 0 Å². The first-order valence-electron chi connectivity index (χ1n) is 9.06. The van der Waals surface area contributed by atoms with Gasteiger partial charge >= 0.3 is 0 Å². The Labute approximate surface area is 130 Å². The zero-order chi connectivity index (χ0) is 15.1. The average molecular weight is 288 g/mol. The summed E-state index contributed by atoms with van der Waals surface area (Å²) in [5, 5.41) is 9.95. The highest BCUT2D eigenvalue weighted by molar-refractivity contribution is 5.32. The maximum absolute atomic E-state index is 9.95. The first kappa shape index (κ1) is 15.3. The van der Waals surface area contributed by atoms with Crippen LogP contribution >= 0.6 is 0 Å². The quantitative estimate of drug-likeness (QED) is 0.748. The van der Waals surface area contributed by atoms with Crippen LogP contribution < -0.4 is 0 Å². The molecule has 1 heteroatoms. The Morgan fingerprint density at radius 1 is 1.24 bits per heavy atom. The number of fused-ring (bicyclic) bond motifs is 3. The van der Waals surface area contributed by atoms with Crippen molar-refractivity contribution in [2.45, 2.75) is 78.2 Å². The first-order chi connectivity index (χ1) is 9.98. The molecular weight excluding hydrogens is 256 g/mol. The molecule has 0 aliphatic heterocycles. The van der Waals surface area contributed by atoms with Crippen LogP contribution in [0.3, 0.4) is 0 Å². The second-order valence-corrected chi connectivity index (χ2v) is 8.32. The molecule has 5 unspecified atom stereocenters. The van der Waals surface area contributed by atoms with Gasteiger partial charge in [0.25, 0.3) is 0 Å². The summed E-state index contributed by atoms with van der Waals surface area (Å²) in [6.07, 6.45) is 17.0. The topological polar surface area (TPSA) is 20.2 Å². The molecule has 1 nitrogen and oxygen atoms in total. The normalized spacial score (nSPS) is 43.1. The van der Waals surface area contributed by atoms with Crippen molar-refractivity contribution in [3.05, 3.63) is 23.8 Å². The number of hydrogen-bond acceptors (Lipinski definition) is 1. The molecule has 21 heavy (non-hydrogen) atoms. The zero-order valence-electron chi connectivity index (χ0n) is 14.1. The van der Waals surface area contributed by atoms with E-state index < -0.39 is 0 Å². The molecular formula is C20H32O. The molecule has 0 aromatic carbocycles. The van der Waals surface area contributed by atoms with Crippen LogP contribution in [0, 0.1) is 22.7 Å². The molecule has 0 radical (unpaired) electrons. The van der Waals surface area contributed by atoms with Crippen LogP contribution in [-0.2, 0) is 0 Å². The van der Waals surface area contributed by atoms with E-state index in [1.165, 1.54) is 32.1 Å². The van der Waals surface area contributed by atoms with Gasteiger partial charge in [-0.3, -0.25) is 0 Å². The summed E-state index contributed by atoms with van der Waals surface area (Å²) in [7, 11) is 0. The lowest BCUT2D eigenvalue weighted by Gasteiger charge is -2.50. The van der Waals surface area contributed by atoms with Gasteiger partial charge < -0.3 is 5.11 Å². The molecule has 0 heterocycles. The molecule has 2 fully saturated rings. The van der Waals surface area contributed by atoms with Crippen LogP contribution in [0.1, 0.15) is 72.1 Å². The number of rotatable bonds is 4.